The SMILES string of the molecule is CCOCCNC(=O)[C@@H]1CCC(=O)N(C)CC(=O)N[C@@H](C(C)C)COc2ccccc2C(=O)N1. The highest BCUT2D eigenvalue weighted by molar-refractivity contribution is 5.99. The van der Waals surface area contributed by atoms with Crippen LogP contribution in [-0.4, -0.2) is 80.6 Å². The third kappa shape index (κ3) is 8.33. The number of nitrogens with zero attached hydrogens (tertiary/aromatic N) is 1. The topological polar surface area (TPSA) is 126 Å². The monoisotopic (exact) mass is 476 g/mol. The summed E-state index contributed by atoms with van der Waals surface area (Å²) in [4.78, 5) is 52.3. The van der Waals surface area contributed by atoms with Gasteiger partial charge in [0.1, 0.15) is 18.4 Å². The fourth-order valence-corrected chi connectivity index (χ4v) is 3.39. The van der Waals surface area contributed by atoms with Gasteiger partial charge in [-0.3, -0.25) is 19.2 Å². The quantitative estimate of drug-likeness (QED) is 0.519. The minimum Gasteiger partial charge on any atom is -0.491 e. The highest BCUT2D eigenvalue weighted by Gasteiger charge is 2.26. The molecule has 188 valence electrons. The highest BCUT2D eigenvalue weighted by Crippen LogP contribution is 2.19. The van der Waals surface area contributed by atoms with Crippen molar-refractivity contribution in [2.45, 2.75) is 45.7 Å². The van der Waals surface area contributed by atoms with Gasteiger partial charge in [-0.2, -0.15) is 0 Å². The predicted octanol–water partition coefficient (Wildman–Crippen LogP) is 0.710. The van der Waals surface area contributed by atoms with Gasteiger partial charge in [0.05, 0.1) is 24.8 Å². The van der Waals surface area contributed by atoms with Gasteiger partial charge < -0.3 is 30.3 Å². The third-order valence-corrected chi connectivity index (χ3v) is 5.53. The fourth-order valence-electron chi connectivity index (χ4n) is 3.39. The summed E-state index contributed by atoms with van der Waals surface area (Å²) in [6, 6.07) is 5.46. The minimum atomic E-state index is -0.943. The van der Waals surface area contributed by atoms with Crippen LogP contribution in [0.1, 0.15) is 44.0 Å². The highest BCUT2D eigenvalue weighted by atomic mass is 16.5. The maximum absolute atomic E-state index is 13.1. The molecule has 34 heavy (non-hydrogen) atoms. The van der Waals surface area contributed by atoms with E-state index in [1.54, 1.807) is 24.3 Å². The molecule has 1 aromatic carbocycles. The number of ether oxygens (including phenoxy) is 2. The molecule has 4 amide bonds. The Morgan fingerprint density at radius 2 is 1.97 bits per heavy atom. The molecule has 0 spiro atoms. The molecule has 3 N–H and O–H groups in total. The molecule has 0 aliphatic carbocycles. The fraction of sp³-hybridized carbons (Fsp3) is 0.583. The Balaban J connectivity index is 2.28. The summed E-state index contributed by atoms with van der Waals surface area (Å²) in [7, 11) is 1.53. The zero-order valence-electron chi connectivity index (χ0n) is 20.4. The molecule has 2 rings (SSSR count). The van der Waals surface area contributed by atoms with E-state index in [9.17, 15) is 19.2 Å². The van der Waals surface area contributed by atoms with Crippen LogP contribution in [0.15, 0.2) is 24.3 Å². The van der Waals surface area contributed by atoms with Gasteiger partial charge >= 0.3 is 0 Å². The molecule has 0 aromatic heterocycles. The summed E-state index contributed by atoms with van der Waals surface area (Å²) in [5.74, 6) is -1.10. The van der Waals surface area contributed by atoms with Crippen molar-refractivity contribution in [1.29, 1.82) is 0 Å². The average molecular weight is 477 g/mol. The summed E-state index contributed by atoms with van der Waals surface area (Å²) in [5.41, 5.74) is 0.266. The number of hydrogen-bond donors (Lipinski definition) is 3. The summed E-state index contributed by atoms with van der Waals surface area (Å²) in [6.07, 6.45) is 0.0635. The summed E-state index contributed by atoms with van der Waals surface area (Å²) < 4.78 is 11.2. The Labute approximate surface area is 200 Å². The first-order valence-electron chi connectivity index (χ1n) is 11.6. The molecule has 1 aromatic rings. The number of para-hydroxylation sites is 1. The molecule has 1 heterocycles. The van der Waals surface area contributed by atoms with E-state index in [0.717, 1.165) is 0 Å². The van der Waals surface area contributed by atoms with Crippen LogP contribution in [0, 0.1) is 5.92 Å². The van der Waals surface area contributed by atoms with E-state index in [4.69, 9.17) is 9.47 Å². The van der Waals surface area contributed by atoms with Crippen LogP contribution in [0.4, 0.5) is 0 Å². The zero-order chi connectivity index (χ0) is 25.1. The maximum atomic E-state index is 13.1. The summed E-state index contributed by atoms with van der Waals surface area (Å²) in [5, 5.41) is 8.37. The second kappa shape index (κ2) is 13.5. The lowest BCUT2D eigenvalue weighted by atomic mass is 10.1. The molecule has 0 saturated carbocycles. The lowest BCUT2D eigenvalue weighted by Gasteiger charge is -2.24. The van der Waals surface area contributed by atoms with E-state index in [1.165, 1.54) is 11.9 Å². The van der Waals surface area contributed by atoms with Crippen LogP contribution in [0.25, 0.3) is 0 Å². The molecule has 10 heteroatoms. The second-order valence-electron chi connectivity index (χ2n) is 8.53. The van der Waals surface area contributed by atoms with Crippen molar-refractivity contribution in [2.24, 2.45) is 5.92 Å². The van der Waals surface area contributed by atoms with Gasteiger partial charge in [0.25, 0.3) is 5.91 Å². The van der Waals surface area contributed by atoms with E-state index in [1.807, 2.05) is 20.8 Å². The first kappa shape index (κ1) is 27.1. The normalized spacial score (nSPS) is 20.4. The van der Waals surface area contributed by atoms with Crippen molar-refractivity contribution in [3.63, 3.8) is 0 Å². The second-order valence-corrected chi connectivity index (χ2v) is 8.53. The first-order chi connectivity index (χ1) is 16.2. The van der Waals surface area contributed by atoms with Gasteiger partial charge in [0.2, 0.25) is 17.7 Å². The van der Waals surface area contributed by atoms with E-state index in [0.29, 0.717) is 19.0 Å². The van der Waals surface area contributed by atoms with Crippen LogP contribution >= 0.6 is 0 Å². The molecule has 0 fully saturated rings. The van der Waals surface area contributed by atoms with Crippen molar-refractivity contribution in [3.05, 3.63) is 29.8 Å². The summed E-state index contributed by atoms with van der Waals surface area (Å²) >= 11 is 0. The van der Waals surface area contributed by atoms with Gasteiger partial charge in [-0.15, -0.1) is 0 Å². The Morgan fingerprint density at radius 3 is 2.68 bits per heavy atom. The number of fused-ring (bicyclic) bond motifs is 1. The Kier molecular flexibility index (Phi) is 10.8. The molecule has 2 atom stereocenters. The standard InChI is InChI=1S/C24H36N4O6/c1-5-33-13-12-25-24(32)18-10-11-22(30)28(4)14-21(29)26-19(16(2)3)15-34-20-9-7-6-8-17(20)23(31)27-18/h6-9,16,18-19H,5,10-15H2,1-4H3,(H,25,32)(H,26,29)(H,27,31)/t18-,19+/m0/s1. The van der Waals surface area contributed by atoms with Crippen LogP contribution in [0.5, 0.6) is 5.75 Å². The largest absolute Gasteiger partial charge is 0.491 e. The smallest absolute Gasteiger partial charge is 0.255 e. The number of carbonyl (C=O) groups excluding carboxylic acids is 4. The number of amides is 4. The molecule has 1 aliphatic heterocycles. The van der Waals surface area contributed by atoms with E-state index in [2.05, 4.69) is 16.0 Å². The van der Waals surface area contributed by atoms with E-state index < -0.39 is 17.9 Å². The molecule has 0 radical (unpaired) electrons. The molecule has 10 nitrogen and oxygen atoms in total. The Hall–Kier alpha value is -3.14. The number of nitrogens with one attached hydrogen (secondary N) is 3. The lowest BCUT2D eigenvalue weighted by molar-refractivity contribution is -0.135. The van der Waals surface area contributed by atoms with Gasteiger partial charge in [-0.25, -0.2) is 0 Å². The van der Waals surface area contributed by atoms with Gasteiger partial charge in [-0.05, 0) is 31.4 Å². The molecule has 1 aliphatic rings. The number of hydrogen-bond acceptors (Lipinski definition) is 6. The van der Waals surface area contributed by atoms with Gasteiger partial charge in [0, 0.05) is 26.6 Å². The average Bonchev–Trinajstić information content (AvgIpc) is 2.81. The van der Waals surface area contributed by atoms with Crippen LogP contribution < -0.4 is 20.7 Å². The van der Waals surface area contributed by atoms with Crippen molar-refractivity contribution >= 4 is 23.6 Å². The van der Waals surface area contributed by atoms with Crippen molar-refractivity contribution in [2.75, 3.05) is 40.0 Å². The maximum Gasteiger partial charge on any atom is 0.255 e. The minimum absolute atomic E-state index is 0.0145. The van der Waals surface area contributed by atoms with Crippen molar-refractivity contribution in [1.82, 2.24) is 20.9 Å². The van der Waals surface area contributed by atoms with Crippen LogP contribution in [0.3, 0.4) is 0 Å². The van der Waals surface area contributed by atoms with E-state index >= 15 is 0 Å². The van der Waals surface area contributed by atoms with Crippen LogP contribution in [-0.2, 0) is 19.1 Å². The number of rotatable bonds is 6. The first-order valence-corrected chi connectivity index (χ1v) is 11.6. The molecular formula is C24H36N4O6. The number of likely N-dealkylation sites (N-methyl/N-ethyl adjacent to an activating group) is 1. The number of carbonyl (C=O) groups is 4. The van der Waals surface area contributed by atoms with Crippen molar-refractivity contribution < 1.29 is 28.7 Å². The van der Waals surface area contributed by atoms with Gasteiger partial charge in [-0.1, -0.05) is 26.0 Å². The predicted molar refractivity (Wildman–Crippen MR) is 126 cm³/mol. The Bertz CT molecular complexity index is 860. The van der Waals surface area contributed by atoms with E-state index in [-0.39, 0.29) is 61.9 Å². The molecule has 0 unspecified atom stereocenters. The van der Waals surface area contributed by atoms with Crippen LogP contribution in [0.2, 0.25) is 0 Å². The molecular weight excluding hydrogens is 440 g/mol. The van der Waals surface area contributed by atoms with Crippen molar-refractivity contribution in [3.8, 4) is 5.75 Å². The lowest BCUT2D eigenvalue weighted by Crippen LogP contribution is -2.48. The Morgan fingerprint density at radius 1 is 1.24 bits per heavy atom. The third-order valence-electron chi connectivity index (χ3n) is 5.53. The zero-order valence-corrected chi connectivity index (χ0v) is 20.4. The summed E-state index contributed by atoms with van der Waals surface area (Å²) in [6.45, 7) is 6.93. The molecule has 0 saturated heterocycles. The van der Waals surface area contributed by atoms with Gasteiger partial charge in [0.15, 0.2) is 0 Å². The molecule has 0 bridgehead atoms. The number of benzene rings is 1.